The summed E-state index contributed by atoms with van der Waals surface area (Å²) in [5.41, 5.74) is -0.195. The van der Waals surface area contributed by atoms with Crippen molar-refractivity contribution in [3.8, 4) is 0 Å². The number of aromatic nitrogens is 2. The van der Waals surface area contributed by atoms with Gasteiger partial charge in [-0.15, -0.1) is 0 Å². The van der Waals surface area contributed by atoms with Gasteiger partial charge in [0.2, 0.25) is 0 Å². The number of rotatable bonds is 1. The Labute approximate surface area is 125 Å². The standard InChI is InChI=1S/C14H23BN2O4/c1-12(2,3)19-11(18)17-9-10(8-16-17)15-13(4,5)14(6,7)20-21-15/h8-9H,1-7H3. The van der Waals surface area contributed by atoms with Crippen LogP contribution >= 0.6 is 0 Å². The van der Waals surface area contributed by atoms with Crippen molar-refractivity contribution in [3.63, 3.8) is 0 Å². The summed E-state index contributed by atoms with van der Waals surface area (Å²) in [6.07, 6.45) is 2.73. The van der Waals surface area contributed by atoms with Gasteiger partial charge in [-0.05, 0) is 40.1 Å². The highest BCUT2D eigenvalue weighted by Gasteiger charge is 2.56. The van der Waals surface area contributed by atoms with E-state index in [1.54, 1.807) is 12.4 Å². The van der Waals surface area contributed by atoms with Crippen LogP contribution in [-0.4, -0.2) is 34.0 Å². The van der Waals surface area contributed by atoms with Gasteiger partial charge in [-0.1, -0.05) is 13.8 Å². The normalized spacial score (nSPS) is 20.6. The first kappa shape index (κ1) is 16.0. The van der Waals surface area contributed by atoms with Gasteiger partial charge < -0.3 is 4.74 Å². The first-order chi connectivity index (χ1) is 9.44. The maximum atomic E-state index is 12.0. The molecule has 7 heteroatoms. The molecule has 2 rings (SSSR count). The molecule has 2 heterocycles. The molecule has 0 aliphatic carbocycles. The van der Waals surface area contributed by atoms with Crippen LogP contribution in [0.4, 0.5) is 4.79 Å². The lowest BCUT2D eigenvalue weighted by Crippen LogP contribution is -2.43. The van der Waals surface area contributed by atoms with Crippen LogP contribution < -0.4 is 5.46 Å². The number of hydrogen-bond acceptors (Lipinski definition) is 5. The molecule has 6 nitrogen and oxygen atoms in total. The highest BCUT2D eigenvalue weighted by Crippen LogP contribution is 2.48. The number of carbonyl (C=O) groups is 1. The van der Waals surface area contributed by atoms with Crippen LogP contribution in [0.1, 0.15) is 48.5 Å². The Hall–Kier alpha value is -1.34. The lowest BCUT2D eigenvalue weighted by molar-refractivity contribution is -0.261. The number of nitrogens with zero attached hydrogens (tertiary/aromatic N) is 2. The van der Waals surface area contributed by atoms with Crippen molar-refractivity contribution >= 4 is 18.5 Å². The van der Waals surface area contributed by atoms with Gasteiger partial charge in [-0.25, -0.2) is 9.68 Å². The van der Waals surface area contributed by atoms with Gasteiger partial charge in [-0.2, -0.15) is 9.78 Å². The number of hydrogen-bond donors (Lipinski definition) is 0. The van der Waals surface area contributed by atoms with Crippen LogP contribution in [0, 0.1) is 0 Å². The SMILES string of the molecule is CC(C)(C)OC(=O)n1cc(B2OOC(C)(C)C2(C)C)cn1. The van der Waals surface area contributed by atoms with Gasteiger partial charge >= 0.3 is 13.0 Å². The van der Waals surface area contributed by atoms with Crippen molar-refractivity contribution in [2.75, 3.05) is 0 Å². The van der Waals surface area contributed by atoms with E-state index >= 15 is 0 Å². The molecule has 0 radical (unpaired) electrons. The zero-order chi connectivity index (χ0) is 16.1. The Bertz CT molecular complexity index is 545. The van der Waals surface area contributed by atoms with Crippen LogP contribution in [0.25, 0.3) is 0 Å². The van der Waals surface area contributed by atoms with E-state index in [-0.39, 0.29) is 12.2 Å². The Morgan fingerprint density at radius 3 is 2.43 bits per heavy atom. The third-order valence-electron chi connectivity index (χ3n) is 4.05. The summed E-state index contributed by atoms with van der Waals surface area (Å²) in [5, 5.41) is 3.81. The van der Waals surface area contributed by atoms with E-state index in [2.05, 4.69) is 18.9 Å². The molecule has 0 bridgehead atoms. The average molecular weight is 294 g/mol. The zero-order valence-electron chi connectivity index (χ0n) is 13.8. The smallest absolute Gasteiger partial charge is 0.435 e. The molecule has 0 saturated carbocycles. The molecule has 0 amide bonds. The summed E-state index contributed by atoms with van der Waals surface area (Å²) in [6.45, 7) is 13.2. The molecule has 1 aromatic rings. The first-order valence-electron chi connectivity index (χ1n) is 7.06. The molecule has 116 valence electrons. The summed E-state index contributed by atoms with van der Waals surface area (Å²) < 4.78 is 6.47. The molecule has 1 aliphatic rings. The van der Waals surface area contributed by atoms with Crippen LogP contribution in [-0.2, 0) is 14.4 Å². The average Bonchev–Trinajstić information content (AvgIpc) is 2.82. The summed E-state index contributed by atoms with van der Waals surface area (Å²) in [5.74, 6) is 0. The molecular formula is C14H23BN2O4. The van der Waals surface area contributed by atoms with Gasteiger partial charge in [-0.3, -0.25) is 4.81 Å². The molecular weight excluding hydrogens is 271 g/mol. The number of ether oxygens (including phenoxy) is 1. The zero-order valence-corrected chi connectivity index (χ0v) is 13.8. The summed E-state index contributed by atoms with van der Waals surface area (Å²) >= 11 is 0. The van der Waals surface area contributed by atoms with Gasteiger partial charge in [0.1, 0.15) is 5.60 Å². The minimum Gasteiger partial charge on any atom is -0.442 e. The lowest BCUT2D eigenvalue weighted by Gasteiger charge is -2.31. The first-order valence-corrected chi connectivity index (χ1v) is 7.06. The predicted octanol–water partition coefficient (Wildman–Crippen LogP) is 2.39. The minimum atomic E-state index is -0.558. The Balaban J connectivity index is 2.20. The largest absolute Gasteiger partial charge is 0.442 e. The second-order valence-corrected chi connectivity index (χ2v) is 7.49. The van der Waals surface area contributed by atoms with Crippen molar-refractivity contribution in [3.05, 3.63) is 12.4 Å². The fourth-order valence-electron chi connectivity index (χ4n) is 2.06. The quantitative estimate of drug-likeness (QED) is 0.588. The lowest BCUT2D eigenvalue weighted by atomic mass is 9.40. The molecule has 1 aliphatic heterocycles. The highest BCUT2D eigenvalue weighted by molar-refractivity contribution is 6.70. The Kier molecular flexibility index (Phi) is 3.70. The van der Waals surface area contributed by atoms with Gasteiger partial charge in [0, 0.05) is 17.7 Å². The fourth-order valence-corrected chi connectivity index (χ4v) is 2.06. The van der Waals surface area contributed by atoms with Crippen LogP contribution in [0.5, 0.6) is 0 Å². The molecule has 1 fully saturated rings. The van der Waals surface area contributed by atoms with Crippen molar-refractivity contribution < 1.29 is 19.2 Å². The van der Waals surface area contributed by atoms with Crippen LogP contribution in [0.2, 0.25) is 5.31 Å². The summed E-state index contributed by atoms with van der Waals surface area (Å²) in [4.78, 5) is 22.9. The number of carbonyl (C=O) groups excluding carboxylic acids is 1. The van der Waals surface area contributed by atoms with Gasteiger partial charge in [0.05, 0.1) is 5.60 Å². The van der Waals surface area contributed by atoms with Gasteiger partial charge in [0.25, 0.3) is 0 Å². The van der Waals surface area contributed by atoms with E-state index in [9.17, 15) is 4.79 Å². The fraction of sp³-hybridized carbons (Fsp3) is 0.714. The molecule has 0 aromatic carbocycles. The molecule has 0 unspecified atom stereocenters. The van der Waals surface area contributed by atoms with Crippen LogP contribution in [0.3, 0.4) is 0 Å². The van der Waals surface area contributed by atoms with Crippen LogP contribution in [0.15, 0.2) is 12.4 Å². The van der Waals surface area contributed by atoms with Crippen molar-refractivity contribution in [2.45, 2.75) is 65.0 Å². The molecule has 0 N–H and O–H groups in total. The van der Waals surface area contributed by atoms with E-state index in [4.69, 9.17) is 14.4 Å². The maximum Gasteiger partial charge on any atom is 0.435 e. The third-order valence-corrected chi connectivity index (χ3v) is 4.05. The molecule has 1 saturated heterocycles. The predicted molar refractivity (Wildman–Crippen MR) is 79.5 cm³/mol. The molecule has 1 aromatic heterocycles. The van der Waals surface area contributed by atoms with E-state index in [1.807, 2.05) is 34.6 Å². The second-order valence-electron chi connectivity index (χ2n) is 7.49. The molecule has 0 spiro atoms. The topological polar surface area (TPSA) is 62.6 Å². The monoisotopic (exact) mass is 294 g/mol. The van der Waals surface area contributed by atoms with E-state index in [0.29, 0.717) is 0 Å². The highest BCUT2D eigenvalue weighted by atomic mass is 17.2. The molecule has 21 heavy (non-hydrogen) atoms. The van der Waals surface area contributed by atoms with Crippen molar-refractivity contribution in [1.29, 1.82) is 0 Å². The second kappa shape index (κ2) is 4.85. The third kappa shape index (κ3) is 2.99. The van der Waals surface area contributed by atoms with E-state index < -0.39 is 17.3 Å². The summed E-state index contributed by atoms with van der Waals surface area (Å²) in [6, 6.07) is 0. The Morgan fingerprint density at radius 2 is 1.95 bits per heavy atom. The maximum absolute atomic E-state index is 12.0. The molecule has 0 atom stereocenters. The van der Waals surface area contributed by atoms with E-state index in [0.717, 1.165) is 5.46 Å². The van der Waals surface area contributed by atoms with Gasteiger partial charge in [0.15, 0.2) is 0 Å². The Morgan fingerprint density at radius 1 is 1.33 bits per heavy atom. The van der Waals surface area contributed by atoms with Crippen molar-refractivity contribution in [2.24, 2.45) is 0 Å². The summed E-state index contributed by atoms with van der Waals surface area (Å²) in [7, 11) is 0. The van der Waals surface area contributed by atoms with Crippen molar-refractivity contribution in [1.82, 2.24) is 9.78 Å². The van der Waals surface area contributed by atoms with E-state index in [1.165, 1.54) is 4.68 Å². The minimum absolute atomic E-state index is 0.255.